The second-order valence-electron chi connectivity index (χ2n) is 8.26. The van der Waals surface area contributed by atoms with E-state index in [0.717, 1.165) is 22.5 Å². The van der Waals surface area contributed by atoms with Gasteiger partial charge in [0.15, 0.2) is 5.82 Å². The Morgan fingerprint density at radius 1 is 0.914 bits per heavy atom. The number of carbonyl (C=O) groups excluding carboxylic acids is 1. The number of carbonyl (C=O) groups is 1. The predicted octanol–water partition coefficient (Wildman–Crippen LogP) is 5.91. The first-order chi connectivity index (χ1) is 16.9. The van der Waals surface area contributed by atoms with Crippen molar-refractivity contribution in [3.05, 3.63) is 101 Å². The molecule has 2 heterocycles. The average molecular weight is 468 g/mol. The van der Waals surface area contributed by atoms with Gasteiger partial charge in [-0.1, -0.05) is 18.2 Å². The standard InChI is InChI=1S/C27H22FN5O2/c1-16-6-4-5-7-22(16)27-31-30-26(35-27)20-10-8-19(9-11-20)25(34)29-21-12-13-24(23(28)15-21)33-18(3)14-17(2)32-33/h4-15H,1-3H3,(H,29,34). The lowest BCUT2D eigenvalue weighted by Crippen LogP contribution is -2.12. The van der Waals surface area contributed by atoms with Crippen LogP contribution in [0, 0.1) is 26.6 Å². The third-order valence-corrected chi connectivity index (χ3v) is 5.64. The van der Waals surface area contributed by atoms with Gasteiger partial charge >= 0.3 is 0 Å². The molecule has 35 heavy (non-hydrogen) atoms. The van der Waals surface area contributed by atoms with Gasteiger partial charge in [0.05, 0.1) is 5.69 Å². The van der Waals surface area contributed by atoms with E-state index in [-0.39, 0.29) is 5.91 Å². The van der Waals surface area contributed by atoms with Crippen molar-refractivity contribution >= 4 is 11.6 Å². The van der Waals surface area contributed by atoms with Crippen molar-refractivity contribution in [2.45, 2.75) is 20.8 Å². The van der Waals surface area contributed by atoms with Crippen molar-refractivity contribution in [1.82, 2.24) is 20.0 Å². The zero-order valence-electron chi connectivity index (χ0n) is 19.4. The monoisotopic (exact) mass is 467 g/mol. The van der Waals surface area contributed by atoms with Gasteiger partial charge in [0.2, 0.25) is 11.8 Å². The summed E-state index contributed by atoms with van der Waals surface area (Å²) in [5.74, 6) is -0.0472. The van der Waals surface area contributed by atoms with E-state index in [0.29, 0.717) is 34.3 Å². The van der Waals surface area contributed by atoms with Crippen LogP contribution in [0.2, 0.25) is 0 Å². The van der Waals surface area contributed by atoms with Crippen molar-refractivity contribution in [2.24, 2.45) is 0 Å². The fourth-order valence-electron chi connectivity index (χ4n) is 3.86. The molecule has 8 heteroatoms. The number of aromatic nitrogens is 4. The van der Waals surface area contributed by atoms with E-state index in [9.17, 15) is 9.18 Å². The maximum atomic E-state index is 14.7. The predicted molar refractivity (Wildman–Crippen MR) is 131 cm³/mol. The minimum Gasteiger partial charge on any atom is -0.416 e. The van der Waals surface area contributed by atoms with Crippen LogP contribution in [0.15, 0.2) is 77.2 Å². The quantitative estimate of drug-likeness (QED) is 0.347. The maximum Gasteiger partial charge on any atom is 0.255 e. The summed E-state index contributed by atoms with van der Waals surface area (Å²) < 4.78 is 22.1. The van der Waals surface area contributed by atoms with Gasteiger partial charge in [-0.15, -0.1) is 10.2 Å². The molecule has 1 N–H and O–H groups in total. The average Bonchev–Trinajstić information content (AvgIpc) is 3.46. The van der Waals surface area contributed by atoms with E-state index in [2.05, 4.69) is 20.6 Å². The highest BCUT2D eigenvalue weighted by Gasteiger charge is 2.15. The normalized spacial score (nSPS) is 11.0. The molecule has 1 amide bonds. The van der Waals surface area contributed by atoms with Crippen LogP contribution in [0.4, 0.5) is 10.1 Å². The summed E-state index contributed by atoms with van der Waals surface area (Å²) in [5.41, 5.74) is 5.31. The fraction of sp³-hybridized carbons (Fsp3) is 0.111. The van der Waals surface area contributed by atoms with Crippen molar-refractivity contribution in [2.75, 3.05) is 5.32 Å². The summed E-state index contributed by atoms with van der Waals surface area (Å²) >= 11 is 0. The van der Waals surface area contributed by atoms with E-state index >= 15 is 0 Å². The molecule has 0 aliphatic carbocycles. The number of hydrogen-bond donors (Lipinski definition) is 1. The third kappa shape index (κ3) is 4.46. The Bertz CT molecular complexity index is 1540. The molecule has 3 aromatic carbocycles. The first-order valence-electron chi connectivity index (χ1n) is 11.0. The second-order valence-corrected chi connectivity index (χ2v) is 8.26. The number of aryl methyl sites for hydroxylation is 3. The van der Waals surface area contributed by atoms with Gasteiger partial charge in [-0.05, 0) is 80.9 Å². The molecule has 2 aromatic heterocycles. The Balaban J connectivity index is 1.30. The molecule has 0 bridgehead atoms. The number of nitrogens with one attached hydrogen (secondary N) is 1. The topological polar surface area (TPSA) is 85.8 Å². The van der Waals surface area contributed by atoms with Gasteiger partial charge in [0.1, 0.15) is 5.69 Å². The van der Waals surface area contributed by atoms with Crippen LogP contribution >= 0.6 is 0 Å². The van der Waals surface area contributed by atoms with E-state index in [1.165, 1.54) is 10.7 Å². The molecule has 0 atom stereocenters. The third-order valence-electron chi connectivity index (χ3n) is 5.64. The van der Waals surface area contributed by atoms with Gasteiger partial charge in [0, 0.05) is 28.1 Å². The molecule has 0 saturated carbocycles. The Kier molecular flexibility index (Phi) is 5.70. The lowest BCUT2D eigenvalue weighted by molar-refractivity contribution is 0.102. The van der Waals surface area contributed by atoms with E-state index < -0.39 is 5.82 Å². The van der Waals surface area contributed by atoms with Gasteiger partial charge in [0.25, 0.3) is 5.91 Å². The molecule has 0 fully saturated rings. The van der Waals surface area contributed by atoms with Crippen LogP contribution in [0.1, 0.15) is 27.3 Å². The van der Waals surface area contributed by atoms with Gasteiger partial charge in [-0.3, -0.25) is 4.79 Å². The fourth-order valence-corrected chi connectivity index (χ4v) is 3.86. The van der Waals surface area contributed by atoms with Crippen LogP contribution < -0.4 is 5.32 Å². The SMILES string of the molecule is Cc1cc(C)n(-c2ccc(NC(=O)c3ccc(-c4nnc(-c5ccccc5C)o4)cc3)cc2F)n1. The summed E-state index contributed by atoms with van der Waals surface area (Å²) in [4.78, 5) is 12.7. The number of anilines is 1. The molecule has 174 valence electrons. The molecule has 7 nitrogen and oxygen atoms in total. The van der Waals surface area contributed by atoms with E-state index in [1.807, 2.05) is 51.1 Å². The molecule has 5 aromatic rings. The van der Waals surface area contributed by atoms with Crippen LogP contribution in [-0.4, -0.2) is 25.9 Å². The highest BCUT2D eigenvalue weighted by Crippen LogP contribution is 2.26. The Morgan fingerprint density at radius 3 is 2.34 bits per heavy atom. The number of rotatable bonds is 5. The Morgan fingerprint density at radius 2 is 1.66 bits per heavy atom. The van der Waals surface area contributed by atoms with E-state index in [4.69, 9.17) is 4.42 Å². The minimum atomic E-state index is -0.481. The lowest BCUT2D eigenvalue weighted by Gasteiger charge is -2.09. The molecule has 0 saturated heterocycles. The van der Waals surface area contributed by atoms with Crippen molar-refractivity contribution in [1.29, 1.82) is 0 Å². The van der Waals surface area contributed by atoms with Gasteiger partial charge < -0.3 is 9.73 Å². The number of hydrogen-bond acceptors (Lipinski definition) is 5. The van der Waals surface area contributed by atoms with Crippen LogP contribution in [0.3, 0.4) is 0 Å². The molecule has 0 spiro atoms. The number of nitrogens with zero attached hydrogens (tertiary/aromatic N) is 4. The zero-order chi connectivity index (χ0) is 24.5. The molecular formula is C27H22FN5O2. The molecule has 0 radical (unpaired) electrons. The number of halogens is 1. The minimum absolute atomic E-state index is 0.322. The molecule has 5 rings (SSSR count). The van der Waals surface area contributed by atoms with Gasteiger partial charge in [-0.2, -0.15) is 5.10 Å². The maximum absolute atomic E-state index is 14.7. The second kappa shape index (κ2) is 8.98. The van der Waals surface area contributed by atoms with Crippen molar-refractivity contribution in [3.8, 4) is 28.6 Å². The summed E-state index contributed by atoms with van der Waals surface area (Å²) in [6.07, 6.45) is 0. The Labute approximate surface area is 201 Å². The van der Waals surface area contributed by atoms with Crippen LogP contribution in [-0.2, 0) is 0 Å². The Hall–Kier alpha value is -4.59. The first-order valence-corrected chi connectivity index (χ1v) is 11.0. The largest absolute Gasteiger partial charge is 0.416 e. The van der Waals surface area contributed by atoms with Gasteiger partial charge in [-0.25, -0.2) is 9.07 Å². The van der Waals surface area contributed by atoms with E-state index in [1.54, 1.807) is 36.4 Å². The zero-order valence-corrected chi connectivity index (χ0v) is 19.4. The highest BCUT2D eigenvalue weighted by atomic mass is 19.1. The summed E-state index contributed by atoms with van der Waals surface area (Å²) in [7, 11) is 0. The number of amides is 1. The summed E-state index contributed by atoms with van der Waals surface area (Å²) in [5, 5.41) is 15.3. The lowest BCUT2D eigenvalue weighted by atomic mass is 10.1. The first kappa shape index (κ1) is 22.2. The molecule has 0 unspecified atom stereocenters. The molecule has 0 aliphatic heterocycles. The smallest absolute Gasteiger partial charge is 0.255 e. The molecular weight excluding hydrogens is 445 g/mol. The molecule has 0 aliphatic rings. The van der Waals surface area contributed by atoms with Crippen LogP contribution in [0.5, 0.6) is 0 Å². The number of benzene rings is 3. The van der Waals surface area contributed by atoms with Crippen molar-refractivity contribution < 1.29 is 13.6 Å². The highest BCUT2D eigenvalue weighted by molar-refractivity contribution is 6.04. The van der Waals surface area contributed by atoms with Crippen molar-refractivity contribution in [3.63, 3.8) is 0 Å². The summed E-state index contributed by atoms with van der Waals surface area (Å²) in [6.45, 7) is 5.69. The van der Waals surface area contributed by atoms with Crippen LogP contribution in [0.25, 0.3) is 28.6 Å². The summed E-state index contributed by atoms with van der Waals surface area (Å²) in [6, 6.07) is 20.9.